The van der Waals surface area contributed by atoms with Crippen LogP contribution in [0, 0.1) is 11.8 Å². The second-order valence-electron chi connectivity index (χ2n) is 4.01. The predicted molar refractivity (Wildman–Crippen MR) is 55.2 cm³/mol. The Morgan fingerprint density at radius 2 is 2.13 bits per heavy atom. The van der Waals surface area contributed by atoms with Crippen molar-refractivity contribution >= 4 is 11.9 Å². The summed E-state index contributed by atoms with van der Waals surface area (Å²) >= 11 is 0. The van der Waals surface area contributed by atoms with Crippen molar-refractivity contribution in [1.29, 1.82) is 0 Å². The largest absolute Gasteiger partial charge is 0.468 e. The summed E-state index contributed by atoms with van der Waals surface area (Å²) in [4.78, 5) is 24.3. The molecule has 1 heterocycles. The maximum absolute atomic E-state index is 11.9. The summed E-state index contributed by atoms with van der Waals surface area (Å²) in [6.45, 7) is 3.63. The van der Waals surface area contributed by atoms with Gasteiger partial charge in [0.05, 0.1) is 13.0 Å². The van der Waals surface area contributed by atoms with Crippen LogP contribution < -0.4 is 5.32 Å². The van der Waals surface area contributed by atoms with Gasteiger partial charge in [-0.05, 0) is 12.5 Å². The summed E-state index contributed by atoms with van der Waals surface area (Å²) < 4.78 is 4.51. The van der Waals surface area contributed by atoms with Gasteiger partial charge in [-0.2, -0.15) is 0 Å². The summed E-state index contributed by atoms with van der Waals surface area (Å²) in [5.41, 5.74) is 0. The first-order valence-corrected chi connectivity index (χ1v) is 5.08. The number of carbonyl (C=O) groups is 2. The van der Waals surface area contributed by atoms with Crippen LogP contribution in [0.2, 0.25) is 0 Å². The lowest BCUT2D eigenvalue weighted by atomic mass is 9.97. The molecule has 1 aliphatic rings. The highest BCUT2D eigenvalue weighted by atomic mass is 16.5. The molecule has 2 atom stereocenters. The molecule has 86 valence electrons. The highest BCUT2D eigenvalue weighted by molar-refractivity contribution is 5.84. The molecular formula is C10H18N2O3. The number of nitrogens with zero attached hydrogens (tertiary/aromatic N) is 1. The Hall–Kier alpha value is -1.10. The van der Waals surface area contributed by atoms with E-state index in [-0.39, 0.29) is 24.3 Å². The molecule has 0 aliphatic carbocycles. The summed E-state index contributed by atoms with van der Waals surface area (Å²) in [6.07, 6.45) is 0. The van der Waals surface area contributed by atoms with Gasteiger partial charge in [-0.15, -0.1) is 0 Å². The lowest BCUT2D eigenvalue weighted by Gasteiger charge is -2.21. The van der Waals surface area contributed by atoms with Crippen LogP contribution in [0.5, 0.6) is 0 Å². The van der Waals surface area contributed by atoms with Crippen molar-refractivity contribution in [3.8, 4) is 0 Å². The van der Waals surface area contributed by atoms with Gasteiger partial charge in [0.1, 0.15) is 6.54 Å². The maximum Gasteiger partial charge on any atom is 0.325 e. The monoisotopic (exact) mass is 214 g/mol. The second-order valence-corrected chi connectivity index (χ2v) is 4.01. The molecular weight excluding hydrogens is 196 g/mol. The molecule has 0 radical (unpaired) electrons. The molecule has 0 aromatic carbocycles. The van der Waals surface area contributed by atoms with Gasteiger partial charge in [0.2, 0.25) is 5.91 Å². The Bertz CT molecular complexity index is 255. The van der Waals surface area contributed by atoms with E-state index < -0.39 is 0 Å². The van der Waals surface area contributed by atoms with E-state index in [0.717, 1.165) is 6.54 Å². The Kier molecular flexibility index (Phi) is 4.08. The molecule has 5 heteroatoms. The van der Waals surface area contributed by atoms with E-state index in [9.17, 15) is 9.59 Å². The number of esters is 1. The van der Waals surface area contributed by atoms with Gasteiger partial charge < -0.3 is 15.0 Å². The Morgan fingerprint density at radius 3 is 2.60 bits per heavy atom. The van der Waals surface area contributed by atoms with Gasteiger partial charge in [0.25, 0.3) is 0 Å². The van der Waals surface area contributed by atoms with E-state index in [1.54, 1.807) is 7.05 Å². The molecule has 1 aliphatic heterocycles. The molecule has 0 aromatic rings. The minimum atomic E-state index is -0.385. The van der Waals surface area contributed by atoms with E-state index in [4.69, 9.17) is 0 Å². The van der Waals surface area contributed by atoms with Crippen molar-refractivity contribution in [3.05, 3.63) is 0 Å². The highest BCUT2D eigenvalue weighted by Gasteiger charge is 2.32. The predicted octanol–water partition coefficient (Wildman–Crippen LogP) is -0.527. The number of carbonyl (C=O) groups excluding carboxylic acids is 2. The van der Waals surface area contributed by atoms with Crippen LogP contribution >= 0.6 is 0 Å². The molecule has 1 saturated heterocycles. The van der Waals surface area contributed by atoms with Crippen LogP contribution in [0.25, 0.3) is 0 Å². The fourth-order valence-electron chi connectivity index (χ4n) is 1.76. The van der Waals surface area contributed by atoms with Crippen molar-refractivity contribution in [2.75, 3.05) is 33.8 Å². The van der Waals surface area contributed by atoms with Crippen LogP contribution in [0.3, 0.4) is 0 Å². The SMILES string of the molecule is COC(=O)CN(C)C(=O)[C@@H]1CNC[C@H]1C. The number of rotatable bonds is 3. The number of methoxy groups -OCH3 is 1. The molecule has 0 saturated carbocycles. The van der Waals surface area contributed by atoms with Crippen molar-refractivity contribution in [1.82, 2.24) is 10.2 Å². The van der Waals surface area contributed by atoms with E-state index in [1.807, 2.05) is 6.92 Å². The molecule has 1 rings (SSSR count). The van der Waals surface area contributed by atoms with Crippen molar-refractivity contribution in [2.45, 2.75) is 6.92 Å². The van der Waals surface area contributed by atoms with Crippen LogP contribution in [-0.4, -0.2) is 50.6 Å². The Balaban J connectivity index is 2.48. The van der Waals surface area contributed by atoms with Crippen LogP contribution in [0.15, 0.2) is 0 Å². The lowest BCUT2D eigenvalue weighted by molar-refractivity contribution is -0.147. The Morgan fingerprint density at radius 1 is 1.47 bits per heavy atom. The minimum Gasteiger partial charge on any atom is -0.468 e. The molecule has 1 N–H and O–H groups in total. The zero-order valence-corrected chi connectivity index (χ0v) is 9.45. The third kappa shape index (κ3) is 2.92. The van der Waals surface area contributed by atoms with Crippen LogP contribution in [-0.2, 0) is 14.3 Å². The first kappa shape index (κ1) is 12.0. The van der Waals surface area contributed by atoms with E-state index in [0.29, 0.717) is 12.5 Å². The average Bonchev–Trinajstić information content (AvgIpc) is 2.63. The van der Waals surface area contributed by atoms with Crippen molar-refractivity contribution in [2.24, 2.45) is 11.8 Å². The molecule has 0 aromatic heterocycles. The zero-order valence-electron chi connectivity index (χ0n) is 9.45. The number of nitrogens with one attached hydrogen (secondary N) is 1. The van der Waals surface area contributed by atoms with Gasteiger partial charge in [-0.1, -0.05) is 6.92 Å². The molecule has 5 nitrogen and oxygen atoms in total. The molecule has 0 bridgehead atoms. The van der Waals surface area contributed by atoms with E-state index in [2.05, 4.69) is 10.1 Å². The maximum atomic E-state index is 11.9. The van der Waals surface area contributed by atoms with Gasteiger partial charge in [-0.25, -0.2) is 0 Å². The van der Waals surface area contributed by atoms with Crippen LogP contribution in [0.4, 0.5) is 0 Å². The fraction of sp³-hybridized carbons (Fsp3) is 0.800. The smallest absolute Gasteiger partial charge is 0.325 e. The quantitative estimate of drug-likeness (QED) is 0.642. The van der Waals surface area contributed by atoms with E-state index >= 15 is 0 Å². The third-order valence-corrected chi connectivity index (χ3v) is 2.80. The molecule has 0 spiro atoms. The summed E-state index contributed by atoms with van der Waals surface area (Å²) in [7, 11) is 2.95. The standard InChI is InChI=1S/C10H18N2O3/c1-7-4-11-5-8(7)10(14)12(2)6-9(13)15-3/h7-8,11H,4-6H2,1-3H3/t7-,8-/m1/s1. The number of hydrogen-bond donors (Lipinski definition) is 1. The minimum absolute atomic E-state index is 0.0119. The van der Waals surface area contributed by atoms with Crippen LogP contribution in [0.1, 0.15) is 6.92 Å². The number of amides is 1. The second kappa shape index (κ2) is 5.11. The number of ether oxygens (including phenoxy) is 1. The Labute approximate surface area is 89.8 Å². The summed E-state index contributed by atoms with van der Waals surface area (Å²) in [5, 5.41) is 3.16. The topological polar surface area (TPSA) is 58.6 Å². The lowest BCUT2D eigenvalue weighted by Crippen LogP contribution is -2.39. The van der Waals surface area contributed by atoms with Gasteiger partial charge in [0.15, 0.2) is 0 Å². The molecule has 0 unspecified atom stereocenters. The van der Waals surface area contributed by atoms with Crippen molar-refractivity contribution in [3.63, 3.8) is 0 Å². The normalized spacial score (nSPS) is 25.0. The third-order valence-electron chi connectivity index (χ3n) is 2.80. The first-order valence-electron chi connectivity index (χ1n) is 5.08. The number of hydrogen-bond acceptors (Lipinski definition) is 4. The average molecular weight is 214 g/mol. The highest BCUT2D eigenvalue weighted by Crippen LogP contribution is 2.17. The van der Waals surface area contributed by atoms with Gasteiger partial charge >= 0.3 is 5.97 Å². The summed E-state index contributed by atoms with van der Waals surface area (Å²) in [5.74, 6) is -0.0559. The van der Waals surface area contributed by atoms with Gasteiger partial charge in [0, 0.05) is 13.6 Å². The van der Waals surface area contributed by atoms with Crippen molar-refractivity contribution < 1.29 is 14.3 Å². The first-order chi connectivity index (χ1) is 7.06. The molecule has 1 fully saturated rings. The molecule has 1 amide bonds. The van der Waals surface area contributed by atoms with E-state index in [1.165, 1.54) is 12.0 Å². The number of likely N-dealkylation sites (N-methyl/N-ethyl adjacent to an activating group) is 1. The fourth-order valence-corrected chi connectivity index (χ4v) is 1.76. The summed E-state index contributed by atoms with van der Waals surface area (Å²) in [6, 6.07) is 0. The van der Waals surface area contributed by atoms with Gasteiger partial charge in [-0.3, -0.25) is 9.59 Å². The molecule has 15 heavy (non-hydrogen) atoms. The zero-order chi connectivity index (χ0) is 11.4.